The van der Waals surface area contributed by atoms with Crippen LogP contribution in [0.4, 0.5) is 8.78 Å². The Morgan fingerprint density at radius 1 is 1.14 bits per heavy atom. The number of piperidine rings is 1. The number of fused-ring (bicyclic) bond motifs is 1. The Morgan fingerprint density at radius 2 is 1.93 bits per heavy atom. The van der Waals surface area contributed by atoms with Crippen molar-refractivity contribution < 1.29 is 18.4 Å². The lowest BCUT2D eigenvalue weighted by Gasteiger charge is -2.34. The topological polar surface area (TPSA) is 61.4 Å². The summed E-state index contributed by atoms with van der Waals surface area (Å²) in [5.41, 5.74) is 0.569. The second-order valence-electron chi connectivity index (χ2n) is 7.65. The largest absolute Gasteiger partial charge is 0.348 e. The van der Waals surface area contributed by atoms with E-state index in [4.69, 9.17) is 0 Å². The molecule has 7 heteroatoms. The zero-order chi connectivity index (χ0) is 19.7. The molecule has 2 N–H and O–H groups in total. The fourth-order valence-electron chi connectivity index (χ4n) is 4.00. The maximum absolute atomic E-state index is 13.4. The number of carbonyl (C=O) groups excluding carboxylic acids is 2. The van der Waals surface area contributed by atoms with E-state index < -0.39 is 24.9 Å². The van der Waals surface area contributed by atoms with E-state index in [1.165, 1.54) is 0 Å². The van der Waals surface area contributed by atoms with Gasteiger partial charge in [-0.15, -0.1) is 0 Å². The highest BCUT2D eigenvalue weighted by molar-refractivity contribution is 5.98. The van der Waals surface area contributed by atoms with Crippen molar-refractivity contribution in [3.63, 3.8) is 0 Å². The summed E-state index contributed by atoms with van der Waals surface area (Å²) in [5.74, 6) is -3.32. The second kappa shape index (κ2) is 7.47. The molecule has 0 aromatic heterocycles. The molecule has 0 radical (unpaired) electrons. The molecule has 0 spiro atoms. The lowest BCUT2D eigenvalue weighted by Crippen LogP contribution is -2.53. The monoisotopic (exact) mass is 387 g/mol. The van der Waals surface area contributed by atoms with Crippen molar-refractivity contribution in [2.75, 3.05) is 19.6 Å². The molecular formula is C21H23F2N3O2. The van der Waals surface area contributed by atoms with Crippen LogP contribution < -0.4 is 10.6 Å². The number of rotatable bonds is 3. The van der Waals surface area contributed by atoms with Crippen LogP contribution in [0, 0.1) is 0 Å². The quantitative estimate of drug-likeness (QED) is 0.851. The molecule has 5 nitrogen and oxygen atoms in total. The van der Waals surface area contributed by atoms with Crippen molar-refractivity contribution in [1.82, 2.24) is 15.5 Å². The standard InChI is InChI=1S/C21H23F2N3O2/c22-21(23)11-18(24-13-21)20(28)26-9-3-6-17(12-26)25-19(27)16-8-7-14-4-1-2-5-15(14)10-16/h1-2,4-5,7-8,10,17-18,24H,3,6,9,11-13H2,(H,25,27). The number of hydrogen-bond donors (Lipinski definition) is 2. The number of carbonyl (C=O) groups is 2. The molecule has 2 aliphatic rings. The van der Waals surface area contributed by atoms with Gasteiger partial charge >= 0.3 is 0 Å². The van der Waals surface area contributed by atoms with Gasteiger partial charge in [0.2, 0.25) is 5.91 Å². The fourth-order valence-corrected chi connectivity index (χ4v) is 4.00. The molecule has 2 saturated heterocycles. The van der Waals surface area contributed by atoms with Gasteiger partial charge in [0.05, 0.1) is 12.6 Å². The summed E-state index contributed by atoms with van der Waals surface area (Å²) in [6, 6.07) is 12.3. The average Bonchev–Trinajstić information content (AvgIpc) is 3.07. The van der Waals surface area contributed by atoms with Crippen molar-refractivity contribution in [1.29, 1.82) is 0 Å². The predicted molar refractivity (Wildman–Crippen MR) is 102 cm³/mol. The third-order valence-electron chi connectivity index (χ3n) is 5.49. The zero-order valence-corrected chi connectivity index (χ0v) is 15.5. The molecule has 2 amide bonds. The van der Waals surface area contributed by atoms with Gasteiger partial charge in [0, 0.05) is 31.1 Å². The van der Waals surface area contributed by atoms with Gasteiger partial charge in [-0.25, -0.2) is 8.78 Å². The fraction of sp³-hybridized carbons (Fsp3) is 0.429. The first-order valence-electron chi connectivity index (χ1n) is 9.61. The van der Waals surface area contributed by atoms with Gasteiger partial charge in [0.15, 0.2) is 0 Å². The molecule has 2 aliphatic heterocycles. The number of halogens is 2. The summed E-state index contributed by atoms with van der Waals surface area (Å²) >= 11 is 0. The van der Waals surface area contributed by atoms with Gasteiger partial charge in [-0.05, 0) is 35.7 Å². The SMILES string of the molecule is O=C(NC1CCCN(C(=O)C2CC(F)(F)CN2)C1)c1ccc2ccccc2c1. The number of likely N-dealkylation sites (tertiary alicyclic amines) is 1. The summed E-state index contributed by atoms with van der Waals surface area (Å²) in [6.07, 6.45) is 1.03. The minimum atomic E-state index is -2.83. The second-order valence-corrected chi connectivity index (χ2v) is 7.65. The van der Waals surface area contributed by atoms with Gasteiger partial charge in [-0.2, -0.15) is 0 Å². The van der Waals surface area contributed by atoms with Crippen molar-refractivity contribution in [2.45, 2.75) is 37.3 Å². The van der Waals surface area contributed by atoms with Crippen LogP contribution in [-0.4, -0.2) is 54.4 Å². The molecule has 2 aromatic rings. The Hall–Kier alpha value is -2.54. The van der Waals surface area contributed by atoms with E-state index >= 15 is 0 Å². The lowest BCUT2D eigenvalue weighted by molar-refractivity contribution is -0.135. The highest BCUT2D eigenvalue weighted by atomic mass is 19.3. The third kappa shape index (κ3) is 3.99. The number of alkyl halides is 2. The number of nitrogens with zero attached hydrogens (tertiary/aromatic N) is 1. The van der Waals surface area contributed by atoms with Crippen molar-refractivity contribution in [3.05, 3.63) is 48.0 Å². The molecule has 2 unspecified atom stereocenters. The Labute approximate surface area is 162 Å². The van der Waals surface area contributed by atoms with Crippen LogP contribution in [0.1, 0.15) is 29.6 Å². The van der Waals surface area contributed by atoms with Gasteiger partial charge in [-0.1, -0.05) is 30.3 Å². The number of nitrogens with one attached hydrogen (secondary N) is 2. The maximum Gasteiger partial charge on any atom is 0.262 e. The van der Waals surface area contributed by atoms with Crippen LogP contribution in [0.2, 0.25) is 0 Å². The summed E-state index contributed by atoms with van der Waals surface area (Å²) in [6.45, 7) is 0.423. The van der Waals surface area contributed by atoms with Crippen molar-refractivity contribution in [3.8, 4) is 0 Å². The molecule has 2 fully saturated rings. The summed E-state index contributed by atoms with van der Waals surface area (Å²) in [5, 5.41) is 7.66. The molecular weight excluding hydrogens is 364 g/mol. The van der Waals surface area contributed by atoms with E-state index in [9.17, 15) is 18.4 Å². The number of benzene rings is 2. The molecule has 28 heavy (non-hydrogen) atoms. The predicted octanol–water partition coefficient (Wildman–Crippen LogP) is 2.56. The van der Waals surface area contributed by atoms with E-state index in [1.807, 2.05) is 36.4 Å². The zero-order valence-electron chi connectivity index (χ0n) is 15.5. The van der Waals surface area contributed by atoms with E-state index in [0.717, 1.165) is 23.6 Å². The molecule has 2 aromatic carbocycles. The maximum atomic E-state index is 13.4. The minimum Gasteiger partial charge on any atom is -0.348 e. The van der Waals surface area contributed by atoms with E-state index in [2.05, 4.69) is 10.6 Å². The number of hydrogen-bond acceptors (Lipinski definition) is 3. The van der Waals surface area contributed by atoms with Gasteiger partial charge in [-0.3, -0.25) is 14.9 Å². The summed E-state index contributed by atoms with van der Waals surface area (Å²) in [4.78, 5) is 26.8. The molecule has 2 atom stereocenters. The normalized spacial score (nSPS) is 24.3. The first-order chi connectivity index (χ1) is 13.4. The Balaban J connectivity index is 1.39. The van der Waals surface area contributed by atoms with Crippen LogP contribution in [0.3, 0.4) is 0 Å². The van der Waals surface area contributed by atoms with Crippen LogP contribution in [0.25, 0.3) is 10.8 Å². The highest BCUT2D eigenvalue weighted by Crippen LogP contribution is 2.26. The molecule has 0 bridgehead atoms. The Bertz CT molecular complexity index is 902. The Kier molecular flexibility index (Phi) is 5.02. The van der Waals surface area contributed by atoms with Crippen LogP contribution in [-0.2, 0) is 4.79 Å². The third-order valence-corrected chi connectivity index (χ3v) is 5.49. The first-order valence-corrected chi connectivity index (χ1v) is 9.61. The minimum absolute atomic E-state index is 0.182. The Morgan fingerprint density at radius 3 is 2.68 bits per heavy atom. The van der Waals surface area contributed by atoms with E-state index in [1.54, 1.807) is 11.0 Å². The van der Waals surface area contributed by atoms with E-state index in [0.29, 0.717) is 18.7 Å². The lowest BCUT2D eigenvalue weighted by atomic mass is 10.0. The summed E-state index contributed by atoms with van der Waals surface area (Å²) in [7, 11) is 0. The molecule has 0 aliphatic carbocycles. The highest BCUT2D eigenvalue weighted by Gasteiger charge is 2.44. The van der Waals surface area contributed by atoms with Gasteiger partial charge < -0.3 is 10.2 Å². The number of amides is 2. The average molecular weight is 387 g/mol. The van der Waals surface area contributed by atoms with Gasteiger partial charge in [0.25, 0.3) is 11.8 Å². The van der Waals surface area contributed by atoms with Crippen molar-refractivity contribution >= 4 is 22.6 Å². The summed E-state index contributed by atoms with van der Waals surface area (Å²) < 4.78 is 26.8. The molecule has 2 heterocycles. The van der Waals surface area contributed by atoms with Crippen molar-refractivity contribution in [2.24, 2.45) is 0 Å². The van der Waals surface area contributed by atoms with Crippen LogP contribution >= 0.6 is 0 Å². The molecule has 148 valence electrons. The molecule has 4 rings (SSSR count). The smallest absolute Gasteiger partial charge is 0.262 e. The van der Waals surface area contributed by atoms with Crippen LogP contribution in [0.15, 0.2) is 42.5 Å². The van der Waals surface area contributed by atoms with E-state index in [-0.39, 0.29) is 17.9 Å². The van der Waals surface area contributed by atoms with Crippen LogP contribution in [0.5, 0.6) is 0 Å². The molecule has 0 saturated carbocycles. The van der Waals surface area contributed by atoms with Gasteiger partial charge in [0.1, 0.15) is 0 Å². The first kappa shape index (κ1) is 18.8.